The predicted octanol–water partition coefficient (Wildman–Crippen LogP) is 2.42. The van der Waals surface area contributed by atoms with Crippen LogP contribution >= 0.6 is 11.3 Å². The maximum absolute atomic E-state index is 12.4. The van der Waals surface area contributed by atoms with Crippen molar-refractivity contribution in [1.29, 1.82) is 0 Å². The van der Waals surface area contributed by atoms with Gasteiger partial charge in [-0.1, -0.05) is 18.3 Å². The van der Waals surface area contributed by atoms with Crippen LogP contribution in [-0.2, 0) is 0 Å². The van der Waals surface area contributed by atoms with E-state index in [0.29, 0.717) is 22.4 Å². The summed E-state index contributed by atoms with van der Waals surface area (Å²) in [6.07, 6.45) is 0.929. The third-order valence-corrected chi connectivity index (χ3v) is 3.92. The van der Waals surface area contributed by atoms with E-state index in [0.717, 1.165) is 13.0 Å². The molecule has 6 heteroatoms. The molecule has 1 atom stereocenters. The highest BCUT2D eigenvalue weighted by molar-refractivity contribution is 7.18. The maximum atomic E-state index is 12.4. The van der Waals surface area contributed by atoms with E-state index in [1.54, 1.807) is 0 Å². The number of anilines is 2. The van der Waals surface area contributed by atoms with Crippen molar-refractivity contribution in [2.45, 2.75) is 40.2 Å². The smallest absolute Gasteiger partial charge is 0.268 e. The maximum Gasteiger partial charge on any atom is 0.268 e. The van der Waals surface area contributed by atoms with Crippen LogP contribution < -0.4 is 11.1 Å². The molecule has 1 unspecified atom stereocenters. The van der Waals surface area contributed by atoms with E-state index in [1.807, 2.05) is 25.7 Å². The van der Waals surface area contributed by atoms with Gasteiger partial charge in [0, 0.05) is 19.1 Å². The fraction of sp³-hybridized carbons (Fsp3) is 0.667. The molecule has 3 N–H and O–H groups in total. The summed E-state index contributed by atoms with van der Waals surface area (Å²) < 4.78 is 0. The van der Waals surface area contributed by atoms with Gasteiger partial charge in [0.25, 0.3) is 5.91 Å². The Balaban J connectivity index is 2.94. The topological polar surface area (TPSA) is 71.2 Å². The largest absolute Gasteiger partial charge is 0.382 e. The molecular formula is C12H22N4OS. The van der Waals surface area contributed by atoms with Gasteiger partial charge >= 0.3 is 0 Å². The Bertz CT molecular complexity index is 405. The van der Waals surface area contributed by atoms with Crippen LogP contribution in [0.4, 0.5) is 10.9 Å². The van der Waals surface area contributed by atoms with E-state index in [9.17, 15) is 4.79 Å². The molecule has 1 heterocycles. The fourth-order valence-electron chi connectivity index (χ4n) is 1.72. The number of nitrogens with two attached hydrogens (primary N) is 1. The number of thiazole rings is 1. The zero-order chi connectivity index (χ0) is 13.7. The second kappa shape index (κ2) is 6.58. The Labute approximate surface area is 112 Å². The molecular weight excluding hydrogens is 248 g/mol. The van der Waals surface area contributed by atoms with Gasteiger partial charge in [-0.2, -0.15) is 0 Å². The number of carbonyl (C=O) groups is 1. The van der Waals surface area contributed by atoms with E-state index in [1.165, 1.54) is 11.3 Å². The van der Waals surface area contributed by atoms with E-state index in [2.05, 4.69) is 17.2 Å². The van der Waals surface area contributed by atoms with E-state index >= 15 is 0 Å². The number of rotatable bonds is 6. The van der Waals surface area contributed by atoms with Gasteiger partial charge in [0.05, 0.1) is 0 Å². The summed E-state index contributed by atoms with van der Waals surface area (Å²) in [5.74, 6) is 0.300. The summed E-state index contributed by atoms with van der Waals surface area (Å²) in [6, 6.07) is 0.214. The van der Waals surface area contributed by atoms with Crippen LogP contribution in [0.25, 0.3) is 0 Å². The Kier molecular flexibility index (Phi) is 5.40. The minimum absolute atomic E-state index is 0.0222. The molecule has 1 aromatic rings. The Hall–Kier alpha value is -1.30. The van der Waals surface area contributed by atoms with Gasteiger partial charge in [-0.3, -0.25) is 4.79 Å². The molecule has 1 rings (SSSR count). The minimum Gasteiger partial charge on any atom is -0.382 e. The molecule has 0 fully saturated rings. The van der Waals surface area contributed by atoms with Crippen molar-refractivity contribution < 1.29 is 4.79 Å². The molecule has 0 spiro atoms. The lowest BCUT2D eigenvalue weighted by molar-refractivity contribution is 0.0706. The molecule has 0 radical (unpaired) electrons. The van der Waals surface area contributed by atoms with E-state index in [-0.39, 0.29) is 11.9 Å². The second-order valence-electron chi connectivity index (χ2n) is 4.11. The van der Waals surface area contributed by atoms with Crippen molar-refractivity contribution in [1.82, 2.24) is 9.88 Å². The Morgan fingerprint density at radius 1 is 1.50 bits per heavy atom. The van der Waals surface area contributed by atoms with Gasteiger partial charge in [0.15, 0.2) is 5.13 Å². The van der Waals surface area contributed by atoms with Crippen LogP contribution in [0.5, 0.6) is 0 Å². The third-order valence-electron chi connectivity index (χ3n) is 2.90. The summed E-state index contributed by atoms with van der Waals surface area (Å²) in [5, 5.41) is 3.79. The van der Waals surface area contributed by atoms with Crippen LogP contribution in [0, 0.1) is 0 Å². The average Bonchev–Trinajstić information content (AvgIpc) is 2.71. The zero-order valence-corrected chi connectivity index (χ0v) is 12.3. The van der Waals surface area contributed by atoms with Gasteiger partial charge in [0.2, 0.25) is 0 Å². The number of hydrogen-bond donors (Lipinski definition) is 2. The van der Waals surface area contributed by atoms with Crippen molar-refractivity contribution >= 4 is 28.2 Å². The average molecular weight is 270 g/mol. The summed E-state index contributed by atoms with van der Waals surface area (Å²) in [6.45, 7) is 9.53. The van der Waals surface area contributed by atoms with Gasteiger partial charge in [0.1, 0.15) is 10.7 Å². The molecule has 0 aliphatic carbocycles. The second-order valence-corrected chi connectivity index (χ2v) is 5.11. The lowest BCUT2D eigenvalue weighted by atomic mass is 10.2. The molecule has 5 nitrogen and oxygen atoms in total. The first-order valence-electron chi connectivity index (χ1n) is 6.36. The van der Waals surface area contributed by atoms with Gasteiger partial charge < -0.3 is 16.0 Å². The highest BCUT2D eigenvalue weighted by Crippen LogP contribution is 2.27. The van der Waals surface area contributed by atoms with E-state index in [4.69, 9.17) is 5.73 Å². The van der Waals surface area contributed by atoms with Crippen LogP contribution in [0.15, 0.2) is 0 Å². The zero-order valence-electron chi connectivity index (χ0n) is 11.5. The van der Waals surface area contributed by atoms with Crippen molar-refractivity contribution in [2.75, 3.05) is 24.1 Å². The van der Waals surface area contributed by atoms with Crippen LogP contribution in [0.1, 0.15) is 43.8 Å². The standard InChI is InChI=1S/C12H22N4OS/c1-5-8(4)16(7-3)11(17)9-10(13)15-12(18-9)14-6-2/h8H,5-7,13H2,1-4H3,(H,14,15). The molecule has 0 bridgehead atoms. The summed E-state index contributed by atoms with van der Waals surface area (Å²) >= 11 is 1.33. The van der Waals surface area contributed by atoms with Crippen molar-refractivity contribution in [3.8, 4) is 0 Å². The molecule has 18 heavy (non-hydrogen) atoms. The number of hydrogen-bond acceptors (Lipinski definition) is 5. The first kappa shape index (κ1) is 14.8. The van der Waals surface area contributed by atoms with Gasteiger partial charge in [-0.25, -0.2) is 4.98 Å². The number of nitrogens with zero attached hydrogens (tertiary/aromatic N) is 2. The monoisotopic (exact) mass is 270 g/mol. The fourth-order valence-corrected chi connectivity index (χ4v) is 2.63. The van der Waals surface area contributed by atoms with Gasteiger partial charge in [-0.05, 0) is 27.2 Å². The summed E-state index contributed by atoms with van der Waals surface area (Å²) in [4.78, 5) is 18.9. The molecule has 1 amide bonds. The molecule has 0 aliphatic rings. The highest BCUT2D eigenvalue weighted by Gasteiger charge is 2.23. The number of nitrogens with one attached hydrogen (secondary N) is 1. The van der Waals surface area contributed by atoms with Crippen molar-refractivity contribution in [3.05, 3.63) is 4.88 Å². The SMILES string of the molecule is CCNc1nc(N)c(C(=O)N(CC)C(C)CC)s1. The molecule has 0 aromatic carbocycles. The first-order chi connectivity index (χ1) is 8.54. The minimum atomic E-state index is -0.0222. The van der Waals surface area contributed by atoms with E-state index < -0.39 is 0 Å². The van der Waals surface area contributed by atoms with Crippen LogP contribution in [-0.4, -0.2) is 34.9 Å². The van der Waals surface area contributed by atoms with Crippen molar-refractivity contribution in [2.24, 2.45) is 0 Å². The van der Waals surface area contributed by atoms with Gasteiger partial charge in [-0.15, -0.1) is 0 Å². The quantitative estimate of drug-likeness (QED) is 0.832. The number of nitrogen functional groups attached to an aromatic ring is 1. The van der Waals surface area contributed by atoms with Crippen molar-refractivity contribution in [3.63, 3.8) is 0 Å². The van der Waals surface area contributed by atoms with Crippen LogP contribution in [0.3, 0.4) is 0 Å². The first-order valence-corrected chi connectivity index (χ1v) is 7.17. The Morgan fingerprint density at radius 2 is 2.17 bits per heavy atom. The lowest BCUT2D eigenvalue weighted by Crippen LogP contribution is -2.38. The number of aromatic nitrogens is 1. The summed E-state index contributed by atoms with van der Waals surface area (Å²) in [5.41, 5.74) is 5.82. The molecule has 0 aliphatic heterocycles. The number of amides is 1. The molecule has 0 saturated heterocycles. The third kappa shape index (κ3) is 3.13. The summed E-state index contributed by atoms with van der Waals surface area (Å²) in [7, 11) is 0. The molecule has 102 valence electrons. The lowest BCUT2D eigenvalue weighted by Gasteiger charge is -2.26. The normalized spacial score (nSPS) is 12.2. The number of carbonyl (C=O) groups excluding carboxylic acids is 1. The molecule has 0 saturated carbocycles. The predicted molar refractivity (Wildman–Crippen MR) is 77.2 cm³/mol. The Morgan fingerprint density at radius 3 is 2.67 bits per heavy atom. The molecule has 1 aromatic heterocycles. The van der Waals surface area contributed by atoms with Crippen LogP contribution in [0.2, 0.25) is 0 Å². The highest BCUT2D eigenvalue weighted by atomic mass is 32.1.